The molecule has 0 spiro atoms. The Bertz CT molecular complexity index is 376. The molecule has 1 aromatic heterocycles. The zero-order valence-corrected chi connectivity index (χ0v) is 9.98. The third-order valence-electron chi connectivity index (χ3n) is 1.72. The molecule has 82 valence electrons. The monoisotopic (exact) mass is 246 g/mol. The number of nitrogens with zero attached hydrogens (tertiary/aromatic N) is 1. The third kappa shape index (κ3) is 3.21. The minimum absolute atomic E-state index is 0.0138. The fourth-order valence-corrected chi connectivity index (χ4v) is 1.91. The van der Waals surface area contributed by atoms with E-state index in [4.69, 9.17) is 11.6 Å². The molecular formula is C9H11ClN2O2S. The van der Waals surface area contributed by atoms with E-state index in [1.54, 1.807) is 25.5 Å². The second kappa shape index (κ2) is 5.14. The zero-order valence-electron chi connectivity index (χ0n) is 8.41. The van der Waals surface area contributed by atoms with E-state index in [1.165, 1.54) is 16.2 Å². The second-order valence-electron chi connectivity index (χ2n) is 3.07. The van der Waals surface area contributed by atoms with Gasteiger partial charge in [-0.1, -0.05) is 11.6 Å². The first-order chi connectivity index (χ1) is 7.02. The van der Waals surface area contributed by atoms with Gasteiger partial charge in [0.1, 0.15) is 4.88 Å². The highest BCUT2D eigenvalue weighted by atomic mass is 35.5. The van der Waals surface area contributed by atoms with Gasteiger partial charge >= 0.3 is 0 Å². The number of amides is 2. The van der Waals surface area contributed by atoms with E-state index >= 15 is 0 Å². The lowest BCUT2D eigenvalue weighted by molar-refractivity contribution is -0.127. The molecule has 6 heteroatoms. The third-order valence-corrected chi connectivity index (χ3v) is 3.06. The molecule has 0 saturated heterocycles. The Morgan fingerprint density at radius 1 is 1.53 bits per heavy atom. The quantitative estimate of drug-likeness (QED) is 0.872. The summed E-state index contributed by atoms with van der Waals surface area (Å²) in [5.41, 5.74) is 0. The number of likely N-dealkylation sites (N-methyl/N-ethyl adjacent to an activating group) is 1. The number of halogens is 1. The van der Waals surface area contributed by atoms with E-state index in [2.05, 4.69) is 5.32 Å². The predicted octanol–water partition coefficient (Wildman–Crippen LogP) is 1.22. The van der Waals surface area contributed by atoms with Crippen LogP contribution in [0.3, 0.4) is 0 Å². The molecule has 0 bridgehead atoms. The maximum Gasteiger partial charge on any atom is 0.263 e. The maximum atomic E-state index is 11.5. The molecule has 2 amide bonds. The average molecular weight is 247 g/mol. The van der Waals surface area contributed by atoms with Crippen LogP contribution in [0.2, 0.25) is 5.02 Å². The molecule has 1 N–H and O–H groups in total. The van der Waals surface area contributed by atoms with Crippen LogP contribution in [0.4, 0.5) is 0 Å². The largest absolute Gasteiger partial charge is 0.347 e. The van der Waals surface area contributed by atoms with E-state index in [1.807, 2.05) is 0 Å². The number of hydrogen-bond donors (Lipinski definition) is 1. The van der Waals surface area contributed by atoms with Gasteiger partial charge in [-0.2, -0.15) is 0 Å². The summed E-state index contributed by atoms with van der Waals surface area (Å²) in [4.78, 5) is 24.5. The molecule has 0 aliphatic rings. The fourth-order valence-electron chi connectivity index (χ4n) is 0.850. The van der Waals surface area contributed by atoms with Crippen molar-refractivity contribution in [1.29, 1.82) is 0 Å². The summed E-state index contributed by atoms with van der Waals surface area (Å²) in [6.07, 6.45) is 0. The Kier molecular flexibility index (Phi) is 4.11. The molecule has 4 nitrogen and oxygen atoms in total. The number of thiophene rings is 1. The lowest BCUT2D eigenvalue weighted by Gasteiger charge is -2.10. The van der Waals surface area contributed by atoms with Crippen molar-refractivity contribution < 1.29 is 9.59 Å². The van der Waals surface area contributed by atoms with Gasteiger partial charge in [0.2, 0.25) is 5.91 Å². The van der Waals surface area contributed by atoms with Gasteiger partial charge in [-0.05, 0) is 11.4 Å². The van der Waals surface area contributed by atoms with Crippen LogP contribution in [0.5, 0.6) is 0 Å². The summed E-state index contributed by atoms with van der Waals surface area (Å²) in [6.45, 7) is -0.0138. The van der Waals surface area contributed by atoms with Crippen LogP contribution < -0.4 is 5.32 Å². The maximum absolute atomic E-state index is 11.5. The van der Waals surface area contributed by atoms with Crippen LogP contribution in [0.1, 0.15) is 9.67 Å². The van der Waals surface area contributed by atoms with Gasteiger partial charge < -0.3 is 10.2 Å². The van der Waals surface area contributed by atoms with Gasteiger partial charge in [-0.15, -0.1) is 11.3 Å². The van der Waals surface area contributed by atoms with Crippen LogP contribution >= 0.6 is 22.9 Å². The number of rotatable bonds is 3. The van der Waals surface area contributed by atoms with Gasteiger partial charge in [0.15, 0.2) is 0 Å². The van der Waals surface area contributed by atoms with Crippen molar-refractivity contribution in [3.8, 4) is 0 Å². The Hall–Kier alpha value is -1.07. The van der Waals surface area contributed by atoms with E-state index in [0.717, 1.165) is 0 Å². The summed E-state index contributed by atoms with van der Waals surface area (Å²) < 4.78 is 0. The fraction of sp³-hybridized carbons (Fsp3) is 0.333. The highest BCUT2D eigenvalue weighted by Crippen LogP contribution is 2.21. The Morgan fingerprint density at radius 3 is 2.67 bits per heavy atom. The van der Waals surface area contributed by atoms with Crippen LogP contribution in [0.25, 0.3) is 0 Å². The lowest BCUT2D eigenvalue weighted by Crippen LogP contribution is -2.36. The van der Waals surface area contributed by atoms with Gasteiger partial charge in [0.05, 0.1) is 11.6 Å². The van der Waals surface area contributed by atoms with Crippen LogP contribution in [-0.2, 0) is 4.79 Å². The molecule has 15 heavy (non-hydrogen) atoms. The number of carbonyl (C=O) groups is 2. The van der Waals surface area contributed by atoms with Crippen molar-refractivity contribution in [3.05, 3.63) is 21.3 Å². The minimum atomic E-state index is -0.315. The Labute approximate surface area is 96.8 Å². The average Bonchev–Trinajstić information content (AvgIpc) is 2.60. The number of nitrogens with one attached hydrogen (secondary N) is 1. The summed E-state index contributed by atoms with van der Waals surface area (Å²) in [5.74, 6) is -0.471. The molecule has 0 aromatic carbocycles. The lowest BCUT2D eigenvalue weighted by atomic mass is 10.4. The minimum Gasteiger partial charge on any atom is -0.347 e. The molecule has 0 radical (unpaired) electrons. The van der Waals surface area contributed by atoms with E-state index in [0.29, 0.717) is 9.90 Å². The van der Waals surface area contributed by atoms with Gasteiger partial charge in [0.25, 0.3) is 5.91 Å². The van der Waals surface area contributed by atoms with Crippen molar-refractivity contribution in [1.82, 2.24) is 10.2 Å². The Balaban J connectivity index is 2.51. The van der Waals surface area contributed by atoms with E-state index < -0.39 is 0 Å². The summed E-state index contributed by atoms with van der Waals surface area (Å²) in [6, 6.07) is 1.65. The summed E-state index contributed by atoms with van der Waals surface area (Å²) >= 11 is 7.02. The predicted molar refractivity (Wildman–Crippen MR) is 60.4 cm³/mol. The van der Waals surface area contributed by atoms with Gasteiger partial charge in [-0.3, -0.25) is 9.59 Å². The molecule has 0 unspecified atom stereocenters. The van der Waals surface area contributed by atoms with Crippen LogP contribution in [-0.4, -0.2) is 37.4 Å². The van der Waals surface area contributed by atoms with Crippen molar-refractivity contribution in [2.45, 2.75) is 0 Å². The number of hydrogen-bond acceptors (Lipinski definition) is 3. The van der Waals surface area contributed by atoms with Gasteiger partial charge in [0, 0.05) is 14.1 Å². The molecule has 0 fully saturated rings. The van der Waals surface area contributed by atoms with Crippen LogP contribution in [0, 0.1) is 0 Å². The van der Waals surface area contributed by atoms with E-state index in [-0.39, 0.29) is 18.4 Å². The zero-order chi connectivity index (χ0) is 11.4. The van der Waals surface area contributed by atoms with Gasteiger partial charge in [-0.25, -0.2) is 0 Å². The van der Waals surface area contributed by atoms with Crippen molar-refractivity contribution >= 4 is 34.8 Å². The van der Waals surface area contributed by atoms with Crippen molar-refractivity contribution in [2.24, 2.45) is 0 Å². The molecule has 0 aliphatic carbocycles. The first kappa shape index (κ1) is 12.0. The first-order valence-electron chi connectivity index (χ1n) is 4.23. The molecule has 1 heterocycles. The number of carbonyl (C=O) groups excluding carboxylic acids is 2. The van der Waals surface area contributed by atoms with Crippen LogP contribution in [0.15, 0.2) is 11.4 Å². The topological polar surface area (TPSA) is 49.4 Å². The SMILES string of the molecule is CN(C)C(=O)CNC(=O)c1sccc1Cl. The molecular weight excluding hydrogens is 236 g/mol. The van der Waals surface area contributed by atoms with Crippen molar-refractivity contribution in [3.63, 3.8) is 0 Å². The first-order valence-corrected chi connectivity index (χ1v) is 5.49. The molecule has 0 atom stereocenters. The molecule has 1 aromatic rings. The highest BCUT2D eigenvalue weighted by Gasteiger charge is 2.13. The standard InChI is InChI=1S/C9H11ClN2O2S/c1-12(2)7(13)5-11-9(14)8-6(10)3-4-15-8/h3-4H,5H2,1-2H3,(H,11,14). The molecule has 0 saturated carbocycles. The highest BCUT2D eigenvalue weighted by molar-refractivity contribution is 7.12. The molecule has 1 rings (SSSR count). The second-order valence-corrected chi connectivity index (χ2v) is 4.39. The normalized spacial score (nSPS) is 9.80. The molecule has 0 aliphatic heterocycles. The summed E-state index contributed by atoms with van der Waals surface area (Å²) in [7, 11) is 3.26. The van der Waals surface area contributed by atoms with Crippen molar-refractivity contribution in [2.75, 3.05) is 20.6 Å². The smallest absolute Gasteiger partial charge is 0.263 e. The van der Waals surface area contributed by atoms with E-state index in [9.17, 15) is 9.59 Å². The Morgan fingerprint density at radius 2 is 2.20 bits per heavy atom. The summed E-state index contributed by atoms with van der Waals surface area (Å²) in [5, 5.41) is 4.64.